The highest BCUT2D eigenvalue weighted by Gasteiger charge is 2.19. The maximum absolute atomic E-state index is 12.3. The first-order chi connectivity index (χ1) is 8.45. The summed E-state index contributed by atoms with van der Waals surface area (Å²) in [4.78, 5) is 10.8. The first-order valence-corrected chi connectivity index (χ1v) is 5.29. The highest BCUT2D eigenvalue weighted by molar-refractivity contribution is 5.70. The van der Waals surface area contributed by atoms with E-state index in [2.05, 4.69) is 4.74 Å². The Morgan fingerprint density at radius 2 is 2.11 bits per heavy atom. The third kappa shape index (κ3) is 3.58. The zero-order valence-corrected chi connectivity index (χ0v) is 10.0. The monoisotopic (exact) mass is 260 g/mol. The molecule has 0 saturated heterocycles. The number of alkyl halides is 2. The van der Waals surface area contributed by atoms with Crippen molar-refractivity contribution < 1.29 is 28.2 Å². The van der Waals surface area contributed by atoms with Crippen molar-refractivity contribution in [3.05, 3.63) is 23.8 Å². The van der Waals surface area contributed by atoms with E-state index in [0.717, 1.165) is 0 Å². The average molecular weight is 260 g/mol. The predicted molar refractivity (Wildman–Crippen MR) is 60.1 cm³/mol. The smallest absolute Gasteiger partial charge is 0.387 e. The average Bonchev–Trinajstić information content (AvgIpc) is 2.30. The maximum Gasteiger partial charge on any atom is 0.387 e. The lowest BCUT2D eigenvalue weighted by Gasteiger charge is -2.15. The molecule has 1 N–H and O–H groups in total. The molecule has 100 valence electrons. The number of para-hydroxylation sites is 1. The lowest BCUT2D eigenvalue weighted by molar-refractivity contribution is -0.141. The minimum Gasteiger partial charge on any atom is -0.493 e. The van der Waals surface area contributed by atoms with Gasteiger partial charge in [0, 0.05) is 0 Å². The Bertz CT molecular complexity index is 421. The molecule has 0 radical (unpaired) electrons. The zero-order chi connectivity index (χ0) is 13.7. The molecule has 0 heterocycles. The van der Waals surface area contributed by atoms with Gasteiger partial charge >= 0.3 is 12.6 Å². The van der Waals surface area contributed by atoms with E-state index < -0.39 is 18.5 Å². The number of rotatable bonds is 6. The summed E-state index contributed by atoms with van der Waals surface area (Å²) in [6.45, 7) is -1.49. The van der Waals surface area contributed by atoms with Gasteiger partial charge in [-0.25, -0.2) is 0 Å². The second-order valence-electron chi connectivity index (χ2n) is 3.77. The molecule has 0 saturated carbocycles. The summed E-state index contributed by atoms with van der Waals surface area (Å²) in [5.41, 5.74) is 0.379. The number of carboxylic acid groups (broad SMARTS) is 1. The van der Waals surface area contributed by atoms with Crippen LogP contribution in [0.3, 0.4) is 0 Å². The van der Waals surface area contributed by atoms with E-state index in [1.807, 2.05) is 0 Å². The van der Waals surface area contributed by atoms with E-state index >= 15 is 0 Å². The van der Waals surface area contributed by atoms with Crippen molar-refractivity contribution in [2.24, 2.45) is 5.92 Å². The Balaban J connectivity index is 3.05. The lowest BCUT2D eigenvalue weighted by Crippen LogP contribution is -2.14. The fourth-order valence-electron chi connectivity index (χ4n) is 1.52. The van der Waals surface area contributed by atoms with Gasteiger partial charge < -0.3 is 14.6 Å². The largest absolute Gasteiger partial charge is 0.493 e. The van der Waals surface area contributed by atoms with Crippen LogP contribution in [0.25, 0.3) is 0 Å². The first-order valence-electron chi connectivity index (χ1n) is 5.29. The number of methoxy groups -OCH3 is 1. The van der Waals surface area contributed by atoms with Gasteiger partial charge in [-0.15, -0.1) is 0 Å². The standard InChI is InChI=1S/C12H14F2O4/c1-7(11(15)16)6-8-4-3-5-9(17-2)10(8)18-12(13)14/h3-5,7,12H,6H2,1-2H3,(H,15,16). The molecule has 0 aliphatic carbocycles. The van der Waals surface area contributed by atoms with Crippen molar-refractivity contribution in [2.45, 2.75) is 20.0 Å². The number of benzene rings is 1. The van der Waals surface area contributed by atoms with E-state index in [-0.39, 0.29) is 17.9 Å². The van der Waals surface area contributed by atoms with Crippen LogP contribution >= 0.6 is 0 Å². The molecule has 1 aromatic rings. The van der Waals surface area contributed by atoms with E-state index in [4.69, 9.17) is 9.84 Å². The van der Waals surface area contributed by atoms with Gasteiger partial charge in [0.25, 0.3) is 0 Å². The second-order valence-corrected chi connectivity index (χ2v) is 3.77. The van der Waals surface area contributed by atoms with Gasteiger partial charge in [0.1, 0.15) is 0 Å². The predicted octanol–water partition coefficient (Wildman–Crippen LogP) is 2.56. The van der Waals surface area contributed by atoms with Gasteiger partial charge in [-0.05, 0) is 18.1 Å². The highest BCUT2D eigenvalue weighted by Crippen LogP contribution is 2.33. The number of carbonyl (C=O) groups is 1. The first kappa shape index (κ1) is 14.2. The number of aliphatic carboxylic acids is 1. The summed E-state index contributed by atoms with van der Waals surface area (Å²) in [5.74, 6) is -1.65. The fraction of sp³-hybridized carbons (Fsp3) is 0.417. The SMILES string of the molecule is COc1cccc(CC(C)C(=O)O)c1OC(F)F. The van der Waals surface area contributed by atoms with Gasteiger partial charge in [-0.1, -0.05) is 19.1 Å². The number of halogens is 2. The molecule has 0 amide bonds. The summed E-state index contributed by atoms with van der Waals surface area (Å²) < 4.78 is 34.0. The summed E-state index contributed by atoms with van der Waals surface area (Å²) >= 11 is 0. The van der Waals surface area contributed by atoms with Crippen molar-refractivity contribution in [3.63, 3.8) is 0 Å². The molecule has 1 aromatic carbocycles. The molecule has 0 aliphatic rings. The van der Waals surface area contributed by atoms with Crippen LogP contribution in [0.15, 0.2) is 18.2 Å². The molecule has 0 fully saturated rings. The molecule has 1 atom stereocenters. The van der Waals surface area contributed by atoms with Crippen LogP contribution in [0.1, 0.15) is 12.5 Å². The third-order valence-corrected chi connectivity index (χ3v) is 2.43. The minimum absolute atomic E-state index is 0.0919. The van der Waals surface area contributed by atoms with Crippen molar-refractivity contribution in [1.82, 2.24) is 0 Å². The highest BCUT2D eigenvalue weighted by atomic mass is 19.3. The van der Waals surface area contributed by atoms with E-state index in [0.29, 0.717) is 5.56 Å². The lowest BCUT2D eigenvalue weighted by atomic mass is 10.0. The van der Waals surface area contributed by atoms with E-state index in [1.165, 1.54) is 20.1 Å². The van der Waals surface area contributed by atoms with Crippen LogP contribution in [0.5, 0.6) is 11.5 Å². The van der Waals surface area contributed by atoms with Crippen LogP contribution in [-0.4, -0.2) is 24.8 Å². The molecule has 0 spiro atoms. The molecule has 1 rings (SSSR count). The minimum atomic E-state index is -2.99. The Morgan fingerprint density at radius 1 is 1.44 bits per heavy atom. The van der Waals surface area contributed by atoms with Crippen LogP contribution in [0.4, 0.5) is 8.78 Å². The van der Waals surface area contributed by atoms with Crippen LogP contribution in [-0.2, 0) is 11.2 Å². The number of hydrogen-bond acceptors (Lipinski definition) is 3. The van der Waals surface area contributed by atoms with Gasteiger partial charge in [-0.2, -0.15) is 8.78 Å². The summed E-state index contributed by atoms with van der Waals surface area (Å²) in [7, 11) is 1.33. The number of hydrogen-bond donors (Lipinski definition) is 1. The summed E-state index contributed by atoms with van der Waals surface area (Å²) in [6.07, 6.45) is 0.0919. The van der Waals surface area contributed by atoms with Gasteiger partial charge in [-0.3, -0.25) is 4.79 Å². The van der Waals surface area contributed by atoms with Crippen LogP contribution < -0.4 is 9.47 Å². The van der Waals surface area contributed by atoms with Crippen molar-refractivity contribution >= 4 is 5.97 Å². The zero-order valence-electron chi connectivity index (χ0n) is 10.0. The Morgan fingerprint density at radius 3 is 2.61 bits per heavy atom. The molecule has 6 heteroatoms. The van der Waals surface area contributed by atoms with Gasteiger partial charge in [0.15, 0.2) is 11.5 Å². The number of carboxylic acids is 1. The van der Waals surface area contributed by atoms with E-state index in [1.54, 1.807) is 12.1 Å². The normalized spacial score (nSPS) is 12.3. The molecular formula is C12H14F2O4. The van der Waals surface area contributed by atoms with Crippen LogP contribution in [0, 0.1) is 5.92 Å². The molecule has 4 nitrogen and oxygen atoms in total. The maximum atomic E-state index is 12.3. The van der Waals surface area contributed by atoms with Gasteiger partial charge in [0.05, 0.1) is 13.0 Å². The number of ether oxygens (including phenoxy) is 2. The Hall–Kier alpha value is -1.85. The Kier molecular flexibility index (Phi) is 4.88. The van der Waals surface area contributed by atoms with Crippen molar-refractivity contribution in [3.8, 4) is 11.5 Å². The van der Waals surface area contributed by atoms with E-state index in [9.17, 15) is 13.6 Å². The molecular weight excluding hydrogens is 246 g/mol. The molecule has 0 aromatic heterocycles. The second kappa shape index (κ2) is 6.18. The fourth-order valence-corrected chi connectivity index (χ4v) is 1.52. The third-order valence-electron chi connectivity index (χ3n) is 2.43. The van der Waals surface area contributed by atoms with Crippen LogP contribution in [0.2, 0.25) is 0 Å². The Labute approximate surface area is 103 Å². The molecule has 1 unspecified atom stereocenters. The molecule has 18 heavy (non-hydrogen) atoms. The molecule has 0 aliphatic heterocycles. The topological polar surface area (TPSA) is 55.8 Å². The summed E-state index contributed by atoms with van der Waals surface area (Å²) in [5, 5.41) is 8.82. The van der Waals surface area contributed by atoms with Gasteiger partial charge in [0.2, 0.25) is 0 Å². The van der Waals surface area contributed by atoms with Crippen molar-refractivity contribution in [1.29, 1.82) is 0 Å². The molecule has 0 bridgehead atoms. The van der Waals surface area contributed by atoms with Crippen molar-refractivity contribution in [2.75, 3.05) is 7.11 Å². The summed E-state index contributed by atoms with van der Waals surface area (Å²) in [6, 6.07) is 4.62. The quantitative estimate of drug-likeness (QED) is 0.854.